The predicted molar refractivity (Wildman–Crippen MR) is 181 cm³/mol. The molecule has 0 spiro atoms. The molecule has 2 heterocycles. The zero-order valence-corrected chi connectivity index (χ0v) is 28.9. The van der Waals surface area contributed by atoms with Gasteiger partial charge in [0.15, 0.2) is 17.5 Å². The van der Waals surface area contributed by atoms with Gasteiger partial charge >= 0.3 is 11.9 Å². The van der Waals surface area contributed by atoms with Crippen molar-refractivity contribution in [1.29, 1.82) is 0 Å². The van der Waals surface area contributed by atoms with Crippen molar-refractivity contribution in [3.05, 3.63) is 94.6 Å². The predicted octanol–water partition coefficient (Wildman–Crippen LogP) is 7.71. The summed E-state index contributed by atoms with van der Waals surface area (Å²) >= 11 is 0. The molecule has 0 saturated carbocycles. The van der Waals surface area contributed by atoms with Gasteiger partial charge in [0.25, 0.3) is 11.8 Å². The number of carbonyl (C=O) groups is 3. The zero-order valence-electron chi connectivity index (χ0n) is 28.9. The number of para-hydroxylation sites is 2. The van der Waals surface area contributed by atoms with Gasteiger partial charge in [-0.2, -0.15) is 9.97 Å². The van der Waals surface area contributed by atoms with E-state index < -0.39 is 23.6 Å². The van der Waals surface area contributed by atoms with Gasteiger partial charge in [0.2, 0.25) is 5.91 Å². The third-order valence-corrected chi connectivity index (χ3v) is 7.23. The Morgan fingerprint density at radius 1 is 0.714 bits per heavy atom. The molecular formula is C36H40F2N4O7. The van der Waals surface area contributed by atoms with Gasteiger partial charge in [0.1, 0.15) is 16.9 Å². The third-order valence-electron chi connectivity index (χ3n) is 7.23. The van der Waals surface area contributed by atoms with Gasteiger partial charge in [-0.05, 0) is 47.2 Å². The highest BCUT2D eigenvalue weighted by Crippen LogP contribution is 2.36. The van der Waals surface area contributed by atoms with Crippen molar-refractivity contribution in [3.63, 3.8) is 0 Å². The molecule has 0 aliphatic heterocycles. The zero-order chi connectivity index (χ0) is 36.4. The maximum absolute atomic E-state index is 14.1. The van der Waals surface area contributed by atoms with E-state index in [-0.39, 0.29) is 52.3 Å². The fraction of sp³-hybridized carbons (Fsp3) is 0.306. The first-order chi connectivity index (χ1) is 23.3. The number of nitrogens with zero attached hydrogens (tertiary/aromatic N) is 3. The topological polar surface area (TPSA) is 129 Å². The number of esters is 2. The largest absolute Gasteiger partial charge is 0.479 e. The Labute approximate surface area is 284 Å². The number of methoxy groups -OCH3 is 4. The smallest absolute Gasteiger partial charge is 0.341 e. The Bertz CT molecular complexity index is 1810. The summed E-state index contributed by atoms with van der Waals surface area (Å²) in [7, 11) is 4.98. The van der Waals surface area contributed by atoms with E-state index in [1.54, 1.807) is 12.1 Å². The second-order valence-corrected chi connectivity index (χ2v) is 11.1. The molecule has 260 valence electrons. The van der Waals surface area contributed by atoms with Gasteiger partial charge in [0, 0.05) is 12.6 Å². The number of ether oxygens (including phenoxy) is 4. The number of hydrogen-bond acceptors (Lipinski definition) is 10. The summed E-state index contributed by atoms with van der Waals surface area (Å²) < 4.78 is 47.2. The van der Waals surface area contributed by atoms with E-state index in [1.165, 1.54) is 40.3 Å². The fourth-order valence-electron chi connectivity index (χ4n) is 4.87. The third kappa shape index (κ3) is 8.86. The van der Waals surface area contributed by atoms with Crippen LogP contribution in [0.25, 0.3) is 0 Å². The molecule has 4 aromatic rings. The lowest BCUT2D eigenvalue weighted by Gasteiger charge is -2.26. The van der Waals surface area contributed by atoms with Gasteiger partial charge in [-0.15, -0.1) is 0 Å². The van der Waals surface area contributed by atoms with Crippen LogP contribution in [0, 0.1) is 11.6 Å². The number of carbonyl (C=O) groups excluding carboxylic acids is 3. The first kappa shape index (κ1) is 37.9. The van der Waals surface area contributed by atoms with E-state index in [2.05, 4.69) is 29.1 Å². The highest BCUT2D eigenvalue weighted by atomic mass is 19.1. The molecule has 2 aromatic heterocycles. The molecule has 0 unspecified atom stereocenters. The second-order valence-electron chi connectivity index (χ2n) is 11.1. The van der Waals surface area contributed by atoms with E-state index in [1.807, 2.05) is 50.2 Å². The lowest BCUT2D eigenvalue weighted by Crippen LogP contribution is -2.28. The SMILES string of the molecule is COC(=O)c1cc(F)c(OC)nc1N(C(C)=O)c1ccccc1C(C)C.COC(=O)c1cc(F)c(OC)nc1Nc1ccccc1C(C)C. The van der Waals surface area contributed by atoms with Crippen LogP contribution in [-0.2, 0) is 14.3 Å². The first-order valence-corrected chi connectivity index (χ1v) is 15.2. The Balaban J connectivity index is 0.000000267. The molecule has 13 heteroatoms. The molecule has 1 amide bonds. The average Bonchev–Trinajstić information content (AvgIpc) is 3.09. The van der Waals surface area contributed by atoms with Crippen molar-refractivity contribution in [2.75, 3.05) is 38.7 Å². The lowest BCUT2D eigenvalue weighted by molar-refractivity contribution is -0.115. The molecule has 49 heavy (non-hydrogen) atoms. The maximum Gasteiger partial charge on any atom is 0.341 e. The molecule has 2 aromatic carbocycles. The van der Waals surface area contributed by atoms with Crippen LogP contribution in [0.3, 0.4) is 0 Å². The first-order valence-electron chi connectivity index (χ1n) is 15.2. The Kier molecular flexibility index (Phi) is 13.1. The van der Waals surface area contributed by atoms with Gasteiger partial charge in [-0.1, -0.05) is 64.1 Å². The number of pyridine rings is 2. The van der Waals surface area contributed by atoms with Crippen LogP contribution in [0.1, 0.15) is 78.3 Å². The molecule has 4 rings (SSSR count). The monoisotopic (exact) mass is 678 g/mol. The number of halogens is 2. The highest BCUT2D eigenvalue weighted by Gasteiger charge is 2.28. The maximum atomic E-state index is 14.1. The van der Waals surface area contributed by atoms with E-state index in [0.29, 0.717) is 5.69 Å². The van der Waals surface area contributed by atoms with Crippen LogP contribution in [0.4, 0.5) is 31.8 Å². The standard InChI is InChI=1S/C19H21FN2O4.C17H19FN2O3/c1-11(2)13-8-6-7-9-16(13)22(12(3)23)17-14(19(24)26-5)10-15(20)18(21-17)25-4;1-10(2)11-7-5-6-8-14(11)19-15-12(17(21)23-4)9-13(18)16(20-15)22-3/h6-11H,1-5H3;5-10H,1-4H3,(H,19,20). The van der Waals surface area contributed by atoms with Crippen molar-refractivity contribution < 1.29 is 42.1 Å². The van der Waals surface area contributed by atoms with Gasteiger partial charge in [-0.25, -0.2) is 18.4 Å². The molecule has 0 bridgehead atoms. The summed E-state index contributed by atoms with van der Waals surface area (Å²) in [6, 6.07) is 16.9. The minimum atomic E-state index is -0.822. The summed E-state index contributed by atoms with van der Waals surface area (Å²) in [6.07, 6.45) is 0. The molecule has 0 atom stereocenters. The summed E-state index contributed by atoms with van der Waals surface area (Å²) in [6.45, 7) is 9.42. The van der Waals surface area contributed by atoms with E-state index in [0.717, 1.165) is 28.9 Å². The van der Waals surface area contributed by atoms with Crippen LogP contribution in [0.5, 0.6) is 11.8 Å². The number of benzene rings is 2. The summed E-state index contributed by atoms with van der Waals surface area (Å²) in [5, 5.41) is 3.08. The van der Waals surface area contributed by atoms with Gasteiger partial charge in [0.05, 0.1) is 34.1 Å². The van der Waals surface area contributed by atoms with Crippen molar-refractivity contribution >= 4 is 40.9 Å². The Morgan fingerprint density at radius 3 is 1.73 bits per heavy atom. The van der Waals surface area contributed by atoms with E-state index >= 15 is 0 Å². The van der Waals surface area contributed by atoms with Crippen LogP contribution in [0.2, 0.25) is 0 Å². The fourth-order valence-corrected chi connectivity index (χ4v) is 4.87. The normalized spacial score (nSPS) is 10.6. The van der Waals surface area contributed by atoms with Crippen molar-refractivity contribution in [1.82, 2.24) is 9.97 Å². The molecule has 1 N–H and O–H groups in total. The quantitative estimate of drug-likeness (QED) is 0.167. The molecule has 0 aliphatic carbocycles. The molecule has 0 radical (unpaired) electrons. The van der Waals surface area contributed by atoms with Crippen LogP contribution >= 0.6 is 0 Å². The second kappa shape index (κ2) is 17.0. The molecule has 0 fully saturated rings. The van der Waals surface area contributed by atoms with Crippen LogP contribution in [0.15, 0.2) is 60.7 Å². The Hall–Kier alpha value is -5.59. The highest BCUT2D eigenvalue weighted by molar-refractivity contribution is 6.05. The number of nitrogens with one attached hydrogen (secondary N) is 1. The molecule has 0 aliphatic rings. The molecule has 0 saturated heterocycles. The number of rotatable bonds is 10. The number of amides is 1. The Morgan fingerprint density at radius 2 is 1.20 bits per heavy atom. The van der Waals surface area contributed by atoms with Gasteiger partial charge < -0.3 is 24.3 Å². The summed E-state index contributed by atoms with van der Waals surface area (Å²) in [5.41, 5.74) is 3.11. The number of hydrogen-bond donors (Lipinski definition) is 1. The van der Waals surface area contributed by atoms with Crippen molar-refractivity contribution in [2.45, 2.75) is 46.5 Å². The minimum Gasteiger partial charge on any atom is -0.479 e. The lowest BCUT2D eigenvalue weighted by atomic mass is 10.00. The minimum absolute atomic E-state index is 0.00404. The van der Waals surface area contributed by atoms with Crippen LogP contribution in [-0.4, -0.2) is 56.3 Å². The number of aromatic nitrogens is 2. The van der Waals surface area contributed by atoms with E-state index in [9.17, 15) is 23.2 Å². The van der Waals surface area contributed by atoms with Crippen molar-refractivity contribution in [3.8, 4) is 11.8 Å². The van der Waals surface area contributed by atoms with Gasteiger partial charge in [-0.3, -0.25) is 9.69 Å². The summed E-state index contributed by atoms with van der Waals surface area (Å²) in [4.78, 5) is 45.9. The van der Waals surface area contributed by atoms with Crippen LogP contribution < -0.4 is 19.7 Å². The number of anilines is 4. The average molecular weight is 679 g/mol. The molecule has 11 nitrogen and oxygen atoms in total. The van der Waals surface area contributed by atoms with Crippen molar-refractivity contribution in [2.24, 2.45) is 0 Å². The summed E-state index contributed by atoms with van der Waals surface area (Å²) in [5.74, 6) is -3.41. The van der Waals surface area contributed by atoms with E-state index in [4.69, 9.17) is 18.9 Å². The molecular weight excluding hydrogens is 638 g/mol.